The molecule has 0 spiro atoms. The van der Waals surface area contributed by atoms with E-state index in [1.165, 1.54) is 0 Å². The van der Waals surface area contributed by atoms with Crippen molar-refractivity contribution in [3.05, 3.63) is 204 Å². The number of hydrogen-bond acceptors (Lipinski definition) is 4. The first-order chi connectivity index (χ1) is 28.5. The van der Waals surface area contributed by atoms with Crippen LogP contribution in [0.3, 0.4) is 0 Å². The Labute approximate surface area is 345 Å². The Balaban J connectivity index is 0.000000448. The van der Waals surface area contributed by atoms with Crippen LogP contribution in [0.15, 0.2) is 171 Å². The third kappa shape index (κ3) is 17.7. The van der Waals surface area contributed by atoms with Gasteiger partial charge >= 0.3 is 66.0 Å². The molecule has 0 unspecified atom stereocenters. The molecular weight excluding hydrogens is 882 g/mol. The van der Waals surface area contributed by atoms with Gasteiger partial charge in [-0.3, -0.25) is 19.6 Å². The quantitative estimate of drug-likeness (QED) is 0.0593. The second-order valence-corrected chi connectivity index (χ2v) is 17.4. The van der Waals surface area contributed by atoms with Crippen LogP contribution in [0.2, 0.25) is 0 Å². The average Bonchev–Trinajstić information content (AvgIpc) is 3.20. The third-order valence-electron chi connectivity index (χ3n) is 8.36. The van der Waals surface area contributed by atoms with Crippen molar-refractivity contribution in [3.8, 4) is 22.3 Å². The predicted molar refractivity (Wildman–Crippen MR) is 211 cm³/mol. The summed E-state index contributed by atoms with van der Waals surface area (Å²) < 4.78 is 123. The Morgan fingerprint density at radius 3 is 0.952 bits per heavy atom. The molecule has 7 rings (SSSR count). The summed E-state index contributed by atoms with van der Waals surface area (Å²) in [6.45, 7) is 1.37. The smallest absolute Gasteiger partial charge is 0.193 e. The first-order valence-electron chi connectivity index (χ1n) is 17.8. The summed E-state index contributed by atoms with van der Waals surface area (Å²) in [5.74, 6) is -0.235. The molecule has 0 saturated carbocycles. The third-order valence-corrected chi connectivity index (χ3v) is 8.36. The molecule has 326 valence electrons. The summed E-state index contributed by atoms with van der Waals surface area (Å²) in [5, 5.41) is 0. The summed E-state index contributed by atoms with van der Waals surface area (Å²) in [5.41, 5.74) is 8.81. The second kappa shape index (κ2) is 16.5. The van der Waals surface area contributed by atoms with E-state index in [1.807, 2.05) is 97.6 Å². The average molecular weight is 915 g/mol. The van der Waals surface area contributed by atoms with Crippen molar-refractivity contribution in [3.63, 3.8) is 0 Å². The minimum Gasteiger partial charge on any atom is -0.289 e. The number of rotatable bonds is 10. The molecule has 0 aliphatic heterocycles. The van der Waals surface area contributed by atoms with E-state index in [0.29, 0.717) is 35.3 Å². The molecule has 0 aliphatic rings. The van der Waals surface area contributed by atoms with Gasteiger partial charge in [0.05, 0.1) is 0 Å². The van der Waals surface area contributed by atoms with E-state index in [1.54, 1.807) is 49.1 Å². The van der Waals surface area contributed by atoms with Gasteiger partial charge in [-0.05, 0) is 52.6 Å². The summed E-state index contributed by atoms with van der Waals surface area (Å²) in [7, 11) is -21.3. The van der Waals surface area contributed by atoms with Gasteiger partial charge in [0.15, 0.2) is 49.4 Å². The van der Waals surface area contributed by atoms with E-state index in [2.05, 4.69) is 43.4 Å². The van der Waals surface area contributed by atoms with Gasteiger partial charge in [0.25, 0.3) is 0 Å². The predicted octanol–water partition coefficient (Wildman–Crippen LogP) is 13.7. The molecule has 4 aromatic heterocycles. The molecule has 0 amide bonds. The van der Waals surface area contributed by atoms with Gasteiger partial charge in [-0.15, -0.1) is 0 Å². The fraction of sp³-hybridized carbons (Fsp3) is 0.0476. The molecule has 0 aliphatic carbocycles. The van der Waals surface area contributed by atoms with Gasteiger partial charge in [0, 0.05) is 82.4 Å². The summed E-state index contributed by atoms with van der Waals surface area (Å²) >= 11 is 0. The van der Waals surface area contributed by atoms with Crippen LogP contribution in [0.25, 0.3) is 22.3 Å². The van der Waals surface area contributed by atoms with Crippen LogP contribution < -0.4 is 9.13 Å². The molecular formula is C42H32F12N4O2P2. The normalized spacial score (nSPS) is 13.6. The zero-order chi connectivity index (χ0) is 45.5. The van der Waals surface area contributed by atoms with Crippen LogP contribution in [0.5, 0.6) is 0 Å². The molecule has 0 bridgehead atoms. The first-order valence-corrected chi connectivity index (χ1v) is 21.8. The van der Waals surface area contributed by atoms with Gasteiger partial charge in [-0.2, -0.15) is 0 Å². The topological polar surface area (TPSA) is 67.7 Å². The Morgan fingerprint density at radius 2 is 0.661 bits per heavy atom. The molecule has 4 heterocycles. The molecule has 0 radical (unpaired) electrons. The standard InChI is InChI=1S/C42H32N4O2.2F6P/c47-41(37-8-4-31(5-9-37)29-45-24-16-35(17-25-45)33-12-20-43-21-13-33)39-2-1-3-40(28-39)42(48)38-10-6-32(7-11-38)30-46-26-18-36(19-27-46)34-14-22-44-23-15-34;2*1-7(2,3,4,5)6/h1-28H,29-30H2;;/q+2;2*-1. The van der Waals surface area contributed by atoms with Gasteiger partial charge in [-0.25, -0.2) is 9.13 Å². The molecule has 0 atom stereocenters. The maximum atomic E-state index is 13.4. The maximum Gasteiger partial charge on any atom is 0.193 e. The van der Waals surface area contributed by atoms with E-state index in [4.69, 9.17) is 0 Å². The SMILES string of the molecule is F[P-](F)(F)(F)(F)F.F[P-](F)(F)(F)(F)F.O=C(c1ccc(C[n+]2ccc(-c3ccncc3)cc2)cc1)c1cccc(C(=O)c2ccc(C[n+]3ccc(-c4ccncc4)cc3)cc2)c1. The number of aromatic nitrogens is 4. The number of halogens is 12. The summed E-state index contributed by atoms with van der Waals surface area (Å²) in [4.78, 5) is 35.0. The molecule has 0 fully saturated rings. The van der Waals surface area contributed by atoms with E-state index in [-0.39, 0.29) is 11.6 Å². The van der Waals surface area contributed by atoms with Crippen molar-refractivity contribution < 1.29 is 69.1 Å². The molecule has 0 saturated heterocycles. The fourth-order valence-electron chi connectivity index (χ4n) is 5.68. The van der Waals surface area contributed by atoms with Crippen LogP contribution in [-0.2, 0) is 13.1 Å². The Hall–Kier alpha value is -6.38. The largest absolute Gasteiger partial charge is 0.289 e. The number of nitrogens with zero attached hydrogens (tertiary/aromatic N) is 4. The number of ketones is 2. The number of pyridine rings is 4. The van der Waals surface area contributed by atoms with Crippen LogP contribution in [0.4, 0.5) is 50.4 Å². The van der Waals surface area contributed by atoms with Crippen molar-refractivity contribution >= 4 is 27.2 Å². The van der Waals surface area contributed by atoms with Crippen LogP contribution in [0.1, 0.15) is 43.0 Å². The Bertz CT molecular complexity index is 2450. The van der Waals surface area contributed by atoms with Crippen molar-refractivity contribution in [1.29, 1.82) is 0 Å². The molecule has 20 heteroatoms. The van der Waals surface area contributed by atoms with Crippen molar-refractivity contribution in [1.82, 2.24) is 9.97 Å². The number of hydrogen-bond donors (Lipinski definition) is 0. The maximum absolute atomic E-state index is 13.4. The van der Waals surface area contributed by atoms with Crippen LogP contribution in [-0.4, -0.2) is 21.5 Å². The molecule has 7 aromatic rings. The van der Waals surface area contributed by atoms with Crippen LogP contribution in [0, 0.1) is 0 Å². The molecule has 0 N–H and O–H groups in total. The van der Waals surface area contributed by atoms with Crippen molar-refractivity contribution in [2.24, 2.45) is 0 Å². The Morgan fingerprint density at radius 1 is 0.387 bits per heavy atom. The second-order valence-electron chi connectivity index (χ2n) is 13.5. The number of benzene rings is 3. The van der Waals surface area contributed by atoms with E-state index < -0.39 is 15.6 Å². The van der Waals surface area contributed by atoms with E-state index >= 15 is 0 Å². The fourth-order valence-corrected chi connectivity index (χ4v) is 5.68. The van der Waals surface area contributed by atoms with Crippen LogP contribution >= 0.6 is 15.6 Å². The minimum absolute atomic E-state index is 0.118. The van der Waals surface area contributed by atoms with E-state index in [0.717, 1.165) is 33.4 Å². The summed E-state index contributed by atoms with van der Waals surface area (Å²) in [6, 6.07) is 38.6. The zero-order valence-electron chi connectivity index (χ0n) is 31.6. The van der Waals surface area contributed by atoms with Crippen molar-refractivity contribution in [2.45, 2.75) is 13.1 Å². The molecule has 62 heavy (non-hydrogen) atoms. The molecule has 6 nitrogen and oxygen atoms in total. The molecule has 3 aromatic carbocycles. The minimum atomic E-state index is -10.7. The van der Waals surface area contributed by atoms with Gasteiger partial charge < -0.3 is 0 Å². The van der Waals surface area contributed by atoms with Crippen molar-refractivity contribution in [2.75, 3.05) is 0 Å². The van der Waals surface area contributed by atoms with Gasteiger partial charge in [-0.1, -0.05) is 66.7 Å². The number of carbonyl (C=O) groups excluding carboxylic acids is 2. The first kappa shape index (κ1) is 46.7. The zero-order valence-corrected chi connectivity index (χ0v) is 33.4. The van der Waals surface area contributed by atoms with Gasteiger partial charge in [0.1, 0.15) is 0 Å². The number of carbonyl (C=O) groups is 2. The Kier molecular flexibility index (Phi) is 12.4. The monoisotopic (exact) mass is 914 g/mol. The van der Waals surface area contributed by atoms with E-state index in [9.17, 15) is 60.0 Å². The van der Waals surface area contributed by atoms with Gasteiger partial charge in [0.2, 0.25) is 0 Å². The summed E-state index contributed by atoms with van der Waals surface area (Å²) in [6.07, 6.45) is 15.4.